The first-order valence-corrected chi connectivity index (χ1v) is 7.84. The number of halogens is 1. The molecule has 1 aliphatic heterocycles. The fraction of sp³-hybridized carbons (Fsp3) is 0.118. The summed E-state index contributed by atoms with van der Waals surface area (Å²) in [5, 5.41) is 7.76. The van der Waals surface area contributed by atoms with Crippen LogP contribution in [0.3, 0.4) is 0 Å². The van der Waals surface area contributed by atoms with Crippen LogP contribution in [0.4, 0.5) is 5.69 Å². The van der Waals surface area contributed by atoms with E-state index < -0.39 is 0 Å². The fourth-order valence-corrected chi connectivity index (χ4v) is 2.90. The summed E-state index contributed by atoms with van der Waals surface area (Å²) in [4.78, 5) is 0. The van der Waals surface area contributed by atoms with Crippen molar-refractivity contribution in [1.29, 1.82) is 0 Å². The van der Waals surface area contributed by atoms with E-state index in [1.807, 2.05) is 54.4 Å². The van der Waals surface area contributed by atoms with Crippen LogP contribution in [0.2, 0.25) is 5.02 Å². The molecule has 0 aromatic heterocycles. The van der Waals surface area contributed by atoms with Gasteiger partial charge in [-0.05, 0) is 19.1 Å². The van der Waals surface area contributed by atoms with Crippen LogP contribution < -0.4 is 10.7 Å². The minimum Gasteiger partial charge on any atom is -0.362 e. The van der Waals surface area contributed by atoms with Crippen molar-refractivity contribution in [3.63, 3.8) is 0 Å². The van der Waals surface area contributed by atoms with Crippen molar-refractivity contribution >= 4 is 40.6 Å². The Morgan fingerprint density at radius 3 is 2.50 bits per heavy atom. The van der Waals surface area contributed by atoms with Gasteiger partial charge in [0.1, 0.15) is 6.17 Å². The maximum Gasteiger partial charge on any atom is 0.148 e. The van der Waals surface area contributed by atoms with Crippen LogP contribution in [0, 0.1) is 0 Å². The summed E-state index contributed by atoms with van der Waals surface area (Å²) >= 11 is 11.4. The third-order valence-corrected chi connectivity index (χ3v) is 4.12. The van der Waals surface area contributed by atoms with Crippen LogP contribution in [0.1, 0.15) is 12.5 Å². The van der Waals surface area contributed by atoms with Gasteiger partial charge in [-0.3, -0.25) is 10.4 Å². The summed E-state index contributed by atoms with van der Waals surface area (Å²) in [6.07, 6.45) is -0.110. The molecule has 0 fully saturated rings. The Hall–Kier alpha value is -2.04. The number of rotatable bonds is 4. The van der Waals surface area contributed by atoms with Gasteiger partial charge in [-0.15, -0.1) is 0 Å². The van der Waals surface area contributed by atoms with Gasteiger partial charge in [-0.1, -0.05) is 66.3 Å². The summed E-state index contributed by atoms with van der Waals surface area (Å²) in [5.74, 6) is 0. The molecule has 0 amide bonds. The van der Waals surface area contributed by atoms with Crippen molar-refractivity contribution in [3.8, 4) is 0 Å². The van der Waals surface area contributed by atoms with E-state index in [0.29, 0.717) is 5.02 Å². The Morgan fingerprint density at radius 2 is 1.82 bits per heavy atom. The van der Waals surface area contributed by atoms with Crippen molar-refractivity contribution < 1.29 is 0 Å². The average Bonchev–Trinajstić information content (AvgIpc) is 2.86. The van der Waals surface area contributed by atoms with Gasteiger partial charge in [0.05, 0.1) is 16.4 Å². The minimum absolute atomic E-state index is 0.110. The fourth-order valence-electron chi connectivity index (χ4n) is 2.53. The summed E-state index contributed by atoms with van der Waals surface area (Å²) in [6, 6.07) is 17.9. The van der Waals surface area contributed by atoms with E-state index in [9.17, 15) is 0 Å². The van der Waals surface area contributed by atoms with Crippen LogP contribution in [0.15, 0.2) is 60.3 Å². The van der Waals surface area contributed by atoms with Crippen LogP contribution in [0.5, 0.6) is 0 Å². The molecule has 0 aliphatic carbocycles. The van der Waals surface area contributed by atoms with E-state index in [1.165, 1.54) is 0 Å². The Bertz CT molecular complexity index is 715. The van der Waals surface area contributed by atoms with Gasteiger partial charge in [0.2, 0.25) is 0 Å². The number of hydrogen-bond donors (Lipinski definition) is 2. The lowest BCUT2D eigenvalue weighted by molar-refractivity contribution is 0.428. The number of nitrogens with zero attached hydrogens (tertiary/aromatic N) is 1. The molecule has 22 heavy (non-hydrogen) atoms. The SMILES string of the molecule is CC1=C(c2ccccc2)N(Nc2ccccc2Cl)C(C=S)N1. The van der Waals surface area contributed by atoms with Crippen molar-refractivity contribution in [2.45, 2.75) is 13.1 Å². The first kappa shape index (κ1) is 14.9. The molecule has 5 heteroatoms. The molecular formula is C17H16ClN3S. The van der Waals surface area contributed by atoms with Gasteiger partial charge in [0.25, 0.3) is 0 Å². The molecule has 0 spiro atoms. The second-order valence-electron chi connectivity index (χ2n) is 5.03. The highest BCUT2D eigenvalue weighted by Crippen LogP contribution is 2.31. The van der Waals surface area contributed by atoms with Gasteiger partial charge in [0, 0.05) is 16.6 Å². The van der Waals surface area contributed by atoms with Gasteiger partial charge < -0.3 is 5.32 Å². The zero-order chi connectivity index (χ0) is 15.5. The normalized spacial score (nSPS) is 17.4. The van der Waals surface area contributed by atoms with Gasteiger partial charge >= 0.3 is 0 Å². The van der Waals surface area contributed by atoms with Crippen molar-refractivity contribution in [2.75, 3.05) is 5.43 Å². The zero-order valence-electron chi connectivity index (χ0n) is 12.1. The molecule has 1 aliphatic rings. The first-order chi connectivity index (χ1) is 10.7. The van der Waals surface area contributed by atoms with E-state index in [4.69, 9.17) is 23.8 Å². The van der Waals surface area contributed by atoms with Crippen LogP contribution in [0.25, 0.3) is 5.70 Å². The lowest BCUT2D eigenvalue weighted by Crippen LogP contribution is -2.41. The summed E-state index contributed by atoms with van der Waals surface area (Å²) in [5.41, 5.74) is 7.46. The Balaban J connectivity index is 1.98. The number of thiocarbonyl (C=S) groups is 1. The van der Waals surface area contributed by atoms with Gasteiger partial charge in [-0.25, -0.2) is 0 Å². The van der Waals surface area contributed by atoms with E-state index >= 15 is 0 Å². The summed E-state index contributed by atoms with van der Waals surface area (Å²) in [6.45, 7) is 2.04. The van der Waals surface area contributed by atoms with Crippen molar-refractivity contribution in [1.82, 2.24) is 10.3 Å². The van der Waals surface area contributed by atoms with Crippen LogP contribution >= 0.6 is 23.8 Å². The smallest absolute Gasteiger partial charge is 0.148 e. The van der Waals surface area contributed by atoms with Gasteiger partial charge in [-0.2, -0.15) is 0 Å². The molecule has 112 valence electrons. The van der Waals surface area contributed by atoms with E-state index in [2.05, 4.69) is 22.9 Å². The van der Waals surface area contributed by atoms with Crippen LogP contribution in [-0.4, -0.2) is 16.5 Å². The maximum absolute atomic E-state index is 6.26. The highest BCUT2D eigenvalue weighted by atomic mass is 35.5. The molecule has 1 atom stereocenters. The van der Waals surface area contributed by atoms with Crippen molar-refractivity contribution in [2.24, 2.45) is 0 Å². The molecule has 0 radical (unpaired) electrons. The van der Waals surface area contributed by atoms with Crippen LogP contribution in [-0.2, 0) is 0 Å². The van der Waals surface area contributed by atoms with Crippen molar-refractivity contribution in [3.05, 3.63) is 70.9 Å². The highest BCUT2D eigenvalue weighted by Gasteiger charge is 2.29. The Kier molecular flexibility index (Phi) is 4.32. The number of benzene rings is 2. The predicted octanol–water partition coefficient (Wildman–Crippen LogP) is 4.29. The molecule has 0 bridgehead atoms. The third-order valence-electron chi connectivity index (χ3n) is 3.53. The second-order valence-corrected chi connectivity index (χ2v) is 5.71. The molecule has 1 heterocycles. The molecule has 3 rings (SSSR count). The van der Waals surface area contributed by atoms with E-state index in [1.54, 1.807) is 5.37 Å². The summed E-state index contributed by atoms with van der Waals surface area (Å²) in [7, 11) is 0. The molecule has 2 N–H and O–H groups in total. The Morgan fingerprint density at radius 1 is 1.14 bits per heavy atom. The number of para-hydroxylation sites is 1. The summed E-state index contributed by atoms with van der Waals surface area (Å²) < 4.78 is 0. The minimum atomic E-state index is -0.110. The quantitative estimate of drug-likeness (QED) is 0.818. The largest absolute Gasteiger partial charge is 0.362 e. The zero-order valence-corrected chi connectivity index (χ0v) is 13.7. The molecule has 2 aromatic carbocycles. The number of nitrogens with one attached hydrogen (secondary N) is 2. The first-order valence-electron chi connectivity index (χ1n) is 6.99. The maximum atomic E-state index is 6.26. The Labute approximate surface area is 140 Å². The molecular weight excluding hydrogens is 314 g/mol. The van der Waals surface area contributed by atoms with Gasteiger partial charge in [0.15, 0.2) is 0 Å². The molecule has 0 saturated carbocycles. The second kappa shape index (κ2) is 6.38. The lowest BCUT2D eigenvalue weighted by Gasteiger charge is -2.28. The number of allylic oxidation sites excluding steroid dienone is 1. The highest BCUT2D eigenvalue weighted by molar-refractivity contribution is 7.79. The van der Waals surface area contributed by atoms with E-state index in [-0.39, 0.29) is 6.17 Å². The lowest BCUT2D eigenvalue weighted by atomic mass is 10.1. The molecule has 0 saturated heterocycles. The predicted molar refractivity (Wildman–Crippen MR) is 96.5 cm³/mol. The molecule has 2 aromatic rings. The number of hydrazine groups is 1. The number of anilines is 1. The monoisotopic (exact) mass is 329 g/mol. The van der Waals surface area contributed by atoms with E-state index in [0.717, 1.165) is 22.6 Å². The third kappa shape index (κ3) is 2.80. The topological polar surface area (TPSA) is 27.3 Å². The number of hydrogen-bond acceptors (Lipinski definition) is 4. The molecule has 1 unspecified atom stereocenters. The average molecular weight is 330 g/mol. The molecule has 3 nitrogen and oxygen atoms in total. The standard InChI is InChI=1S/C17H16ClN3S/c1-12-17(13-7-3-2-4-8-13)21(16(11-22)19-12)20-15-10-6-5-9-14(15)18/h2-11,16,19-20H,1H3.